The number of amides is 1. The van der Waals surface area contributed by atoms with Crippen molar-refractivity contribution >= 4 is 29.2 Å². The minimum absolute atomic E-state index is 0.0635. The van der Waals surface area contributed by atoms with Crippen molar-refractivity contribution in [2.24, 2.45) is 5.92 Å². The first-order valence-corrected chi connectivity index (χ1v) is 8.97. The minimum atomic E-state index is -0.722. The lowest BCUT2D eigenvalue weighted by molar-refractivity contribution is -0.137. The fourth-order valence-electron chi connectivity index (χ4n) is 3.85. The summed E-state index contributed by atoms with van der Waals surface area (Å²) in [5, 5.41) is 12.3. The van der Waals surface area contributed by atoms with Gasteiger partial charge in [-0.1, -0.05) is 17.7 Å². The van der Waals surface area contributed by atoms with Crippen LogP contribution < -0.4 is 5.32 Å². The number of aliphatic carboxylic acids is 1. The zero-order chi connectivity index (χ0) is 17.1. The summed E-state index contributed by atoms with van der Waals surface area (Å²) in [5.41, 5.74) is 1.93. The van der Waals surface area contributed by atoms with Crippen molar-refractivity contribution in [2.45, 2.75) is 38.0 Å². The summed E-state index contributed by atoms with van der Waals surface area (Å²) in [6.07, 6.45) is 3.90. The summed E-state index contributed by atoms with van der Waals surface area (Å²) in [6, 6.07) is 5.65. The van der Waals surface area contributed by atoms with E-state index >= 15 is 0 Å². The maximum Gasteiger partial charge on any atom is 0.303 e. The molecule has 1 fully saturated rings. The molecule has 1 saturated heterocycles. The summed E-state index contributed by atoms with van der Waals surface area (Å²) in [7, 11) is 0. The third-order valence-electron chi connectivity index (χ3n) is 5.11. The lowest BCUT2D eigenvalue weighted by Gasteiger charge is -2.34. The molecule has 2 N–H and O–H groups in total. The Labute approximate surface area is 147 Å². The van der Waals surface area contributed by atoms with Gasteiger partial charge < -0.3 is 15.3 Å². The molecule has 5 nitrogen and oxygen atoms in total. The van der Waals surface area contributed by atoms with Crippen LogP contribution in [0, 0.1) is 5.92 Å². The van der Waals surface area contributed by atoms with Crippen LogP contribution in [0.1, 0.15) is 43.6 Å². The molecule has 0 aliphatic carbocycles. The lowest BCUT2D eigenvalue weighted by Crippen LogP contribution is -2.37. The molecule has 130 valence electrons. The highest BCUT2D eigenvalue weighted by Gasteiger charge is 2.38. The molecule has 1 amide bonds. The molecule has 1 aromatic carbocycles. The average molecular weight is 351 g/mol. The topological polar surface area (TPSA) is 69.6 Å². The van der Waals surface area contributed by atoms with Crippen molar-refractivity contribution in [3.8, 4) is 0 Å². The van der Waals surface area contributed by atoms with Gasteiger partial charge in [-0.15, -0.1) is 0 Å². The molecule has 0 aromatic heterocycles. The van der Waals surface area contributed by atoms with Crippen LogP contribution >= 0.6 is 11.6 Å². The van der Waals surface area contributed by atoms with Gasteiger partial charge in [-0.2, -0.15) is 0 Å². The average Bonchev–Trinajstić information content (AvgIpc) is 2.87. The number of nitrogens with one attached hydrogen (secondary N) is 1. The van der Waals surface area contributed by atoms with E-state index in [2.05, 4.69) is 10.2 Å². The number of carboxylic acids is 1. The second-order valence-electron chi connectivity index (χ2n) is 6.73. The Hall–Kier alpha value is -1.59. The quantitative estimate of drug-likeness (QED) is 0.772. The number of hydrogen-bond acceptors (Lipinski definition) is 3. The number of fused-ring (bicyclic) bond motifs is 1. The number of carbonyl (C=O) groups excluding carboxylic acids is 1. The Morgan fingerprint density at radius 1 is 1.29 bits per heavy atom. The van der Waals surface area contributed by atoms with Crippen LogP contribution in [0.15, 0.2) is 18.2 Å². The molecule has 0 saturated carbocycles. The van der Waals surface area contributed by atoms with Gasteiger partial charge >= 0.3 is 5.97 Å². The molecule has 0 spiro atoms. The number of unbranched alkanes of at least 4 members (excludes halogenated alkanes) is 1. The first kappa shape index (κ1) is 17.2. The van der Waals surface area contributed by atoms with Crippen molar-refractivity contribution in [3.63, 3.8) is 0 Å². The molecular formula is C18H23ClN2O3. The summed E-state index contributed by atoms with van der Waals surface area (Å²) >= 11 is 6.01. The summed E-state index contributed by atoms with van der Waals surface area (Å²) in [5.74, 6) is -0.332. The SMILES string of the molecule is O=C(O)CCCCN1CCC(C2C(=O)Nc3cc(Cl)ccc32)CC1. The third-order valence-corrected chi connectivity index (χ3v) is 5.34. The summed E-state index contributed by atoms with van der Waals surface area (Å²) < 4.78 is 0. The molecule has 2 heterocycles. The number of carbonyl (C=O) groups is 2. The first-order chi connectivity index (χ1) is 11.5. The van der Waals surface area contributed by atoms with Crippen molar-refractivity contribution in [1.82, 2.24) is 4.90 Å². The van der Waals surface area contributed by atoms with Gasteiger partial charge in [-0.25, -0.2) is 0 Å². The number of benzene rings is 1. The second-order valence-corrected chi connectivity index (χ2v) is 7.16. The molecule has 1 aromatic rings. The van der Waals surface area contributed by atoms with Crippen LogP contribution in [0.3, 0.4) is 0 Å². The third kappa shape index (κ3) is 3.90. The van der Waals surface area contributed by atoms with E-state index in [0.29, 0.717) is 10.9 Å². The predicted molar refractivity (Wildman–Crippen MR) is 93.5 cm³/mol. The van der Waals surface area contributed by atoms with E-state index in [-0.39, 0.29) is 18.2 Å². The minimum Gasteiger partial charge on any atom is -0.481 e. The Kier molecular flexibility index (Phi) is 5.41. The Balaban J connectivity index is 1.52. The van der Waals surface area contributed by atoms with Gasteiger partial charge in [-0.3, -0.25) is 9.59 Å². The maximum atomic E-state index is 12.4. The van der Waals surface area contributed by atoms with E-state index in [1.165, 1.54) is 0 Å². The van der Waals surface area contributed by atoms with Crippen LogP contribution in [0.2, 0.25) is 5.02 Å². The second kappa shape index (κ2) is 7.53. The number of carboxylic acid groups (broad SMARTS) is 1. The van der Waals surface area contributed by atoms with Crippen molar-refractivity contribution < 1.29 is 14.7 Å². The van der Waals surface area contributed by atoms with E-state index in [1.807, 2.05) is 18.2 Å². The van der Waals surface area contributed by atoms with Crippen LogP contribution in [0.4, 0.5) is 5.69 Å². The first-order valence-electron chi connectivity index (χ1n) is 8.59. The van der Waals surface area contributed by atoms with Gasteiger partial charge in [-0.05, 0) is 68.9 Å². The molecule has 2 aliphatic rings. The van der Waals surface area contributed by atoms with Gasteiger partial charge in [0, 0.05) is 17.1 Å². The van der Waals surface area contributed by atoms with Gasteiger partial charge in [0.25, 0.3) is 0 Å². The smallest absolute Gasteiger partial charge is 0.303 e. The molecule has 6 heteroatoms. The maximum absolute atomic E-state index is 12.4. The highest BCUT2D eigenvalue weighted by molar-refractivity contribution is 6.31. The number of rotatable bonds is 6. The van der Waals surface area contributed by atoms with Gasteiger partial charge in [0.1, 0.15) is 0 Å². The molecular weight excluding hydrogens is 328 g/mol. The zero-order valence-electron chi connectivity index (χ0n) is 13.6. The van der Waals surface area contributed by atoms with E-state index < -0.39 is 5.97 Å². The Morgan fingerprint density at radius 2 is 2.04 bits per heavy atom. The number of anilines is 1. The van der Waals surface area contributed by atoms with Crippen molar-refractivity contribution in [2.75, 3.05) is 25.0 Å². The van der Waals surface area contributed by atoms with E-state index in [0.717, 1.165) is 56.6 Å². The monoisotopic (exact) mass is 350 g/mol. The number of nitrogens with zero attached hydrogens (tertiary/aromatic N) is 1. The Morgan fingerprint density at radius 3 is 2.75 bits per heavy atom. The highest BCUT2D eigenvalue weighted by atomic mass is 35.5. The number of piperidine rings is 1. The van der Waals surface area contributed by atoms with Crippen LogP contribution in [-0.2, 0) is 9.59 Å². The molecule has 24 heavy (non-hydrogen) atoms. The summed E-state index contributed by atoms with van der Waals surface area (Å²) in [4.78, 5) is 25.3. The predicted octanol–water partition coefficient (Wildman–Crippen LogP) is 3.34. The van der Waals surface area contributed by atoms with E-state index in [9.17, 15) is 9.59 Å². The molecule has 1 unspecified atom stereocenters. The fraction of sp³-hybridized carbons (Fsp3) is 0.556. The van der Waals surface area contributed by atoms with E-state index in [1.54, 1.807) is 0 Å². The fourth-order valence-corrected chi connectivity index (χ4v) is 4.02. The normalized spacial score (nSPS) is 21.5. The molecule has 3 rings (SSSR count). The highest BCUT2D eigenvalue weighted by Crippen LogP contribution is 2.42. The number of hydrogen-bond donors (Lipinski definition) is 2. The van der Waals surface area contributed by atoms with Crippen LogP contribution in [-0.4, -0.2) is 41.5 Å². The molecule has 2 aliphatic heterocycles. The standard InChI is InChI=1S/C18H23ClN2O3/c19-13-4-5-14-15(11-13)20-18(24)17(14)12-6-9-21(10-7-12)8-2-1-3-16(22)23/h4-5,11-12,17H,1-3,6-10H2,(H,20,24)(H,22,23). The van der Waals surface area contributed by atoms with Gasteiger partial charge in [0.2, 0.25) is 5.91 Å². The number of likely N-dealkylation sites (tertiary alicyclic amines) is 1. The molecule has 1 atom stereocenters. The van der Waals surface area contributed by atoms with Gasteiger partial charge in [0.05, 0.1) is 5.92 Å². The van der Waals surface area contributed by atoms with Crippen molar-refractivity contribution in [1.29, 1.82) is 0 Å². The van der Waals surface area contributed by atoms with Crippen LogP contribution in [0.5, 0.6) is 0 Å². The van der Waals surface area contributed by atoms with Crippen LogP contribution in [0.25, 0.3) is 0 Å². The lowest BCUT2D eigenvalue weighted by atomic mass is 9.81. The summed E-state index contributed by atoms with van der Waals surface area (Å²) in [6.45, 7) is 2.90. The van der Waals surface area contributed by atoms with Crippen molar-refractivity contribution in [3.05, 3.63) is 28.8 Å². The number of halogens is 1. The molecule has 0 radical (unpaired) electrons. The van der Waals surface area contributed by atoms with Gasteiger partial charge in [0.15, 0.2) is 0 Å². The molecule has 0 bridgehead atoms. The Bertz CT molecular complexity index is 627. The zero-order valence-corrected chi connectivity index (χ0v) is 14.4. The largest absolute Gasteiger partial charge is 0.481 e. The van der Waals surface area contributed by atoms with E-state index in [4.69, 9.17) is 16.7 Å².